The first-order valence-corrected chi connectivity index (χ1v) is 12.5. The standard InChI is InChI=1S/C27H27FNO4S/c28-22-9-4-8-21(16-22)26(20-6-2-1-3-7-20)33-27(31)32-24-18-29(13-11-19(24)12-14-29)17-23(30)25-10-5-15-34-25/h1-10,15-16,19,24,26H,11-14,17-18H2/q+1/t19?,24-,26?,29?/m0/s1. The number of thiophene rings is 1. The fraction of sp³-hybridized carbons (Fsp3) is 0.333. The molecule has 7 heteroatoms. The minimum Gasteiger partial charge on any atom is -0.425 e. The van der Waals surface area contributed by atoms with Gasteiger partial charge in [-0.05, 0) is 29.1 Å². The minimum atomic E-state index is -0.769. The summed E-state index contributed by atoms with van der Waals surface area (Å²) in [6.07, 6.45) is 0.00675. The van der Waals surface area contributed by atoms with Crippen LogP contribution in [0.15, 0.2) is 72.1 Å². The van der Waals surface area contributed by atoms with Crippen LogP contribution in [0.4, 0.5) is 9.18 Å². The second-order valence-electron chi connectivity index (χ2n) is 9.24. The number of rotatable bonds is 7. The number of hydrogen-bond donors (Lipinski definition) is 0. The number of halogens is 1. The van der Waals surface area contributed by atoms with E-state index in [-0.39, 0.29) is 17.8 Å². The number of ether oxygens (including phenoxy) is 2. The third-order valence-electron chi connectivity index (χ3n) is 7.03. The molecule has 3 aliphatic heterocycles. The van der Waals surface area contributed by atoms with E-state index in [1.807, 2.05) is 47.8 Å². The highest BCUT2D eigenvalue weighted by Gasteiger charge is 2.49. The Morgan fingerprint density at radius 3 is 2.47 bits per heavy atom. The zero-order chi connectivity index (χ0) is 23.5. The lowest BCUT2D eigenvalue weighted by Crippen LogP contribution is -2.65. The number of hydrogen-bond acceptors (Lipinski definition) is 5. The van der Waals surface area contributed by atoms with Crippen molar-refractivity contribution in [3.05, 3.63) is 93.9 Å². The van der Waals surface area contributed by atoms with Gasteiger partial charge in [0.05, 0.1) is 18.0 Å². The maximum Gasteiger partial charge on any atom is 0.509 e. The van der Waals surface area contributed by atoms with E-state index in [4.69, 9.17) is 9.47 Å². The summed E-state index contributed by atoms with van der Waals surface area (Å²) in [6, 6.07) is 19.1. The molecule has 3 fully saturated rings. The van der Waals surface area contributed by atoms with Gasteiger partial charge in [0.2, 0.25) is 5.78 Å². The van der Waals surface area contributed by atoms with Gasteiger partial charge in [0, 0.05) is 24.3 Å². The molecule has 5 nitrogen and oxygen atoms in total. The molecular formula is C27H27FNO4S+. The molecule has 6 rings (SSSR count). The van der Waals surface area contributed by atoms with E-state index >= 15 is 0 Å². The molecule has 34 heavy (non-hydrogen) atoms. The molecule has 4 heterocycles. The van der Waals surface area contributed by atoms with Crippen molar-refractivity contribution in [3.8, 4) is 0 Å². The van der Waals surface area contributed by atoms with Crippen molar-refractivity contribution < 1.29 is 27.9 Å². The van der Waals surface area contributed by atoms with Crippen molar-refractivity contribution in [2.45, 2.75) is 25.0 Å². The van der Waals surface area contributed by atoms with E-state index in [2.05, 4.69) is 0 Å². The molecule has 0 radical (unpaired) electrons. The number of carbonyl (C=O) groups is 2. The zero-order valence-corrected chi connectivity index (χ0v) is 19.6. The number of benzene rings is 2. The Morgan fingerprint density at radius 2 is 1.76 bits per heavy atom. The summed E-state index contributed by atoms with van der Waals surface area (Å²) in [7, 11) is 0. The normalized spacial score (nSPS) is 24.4. The molecule has 2 aromatic carbocycles. The molecular weight excluding hydrogens is 453 g/mol. The fourth-order valence-electron chi connectivity index (χ4n) is 5.27. The van der Waals surface area contributed by atoms with Crippen molar-refractivity contribution in [3.63, 3.8) is 0 Å². The van der Waals surface area contributed by atoms with Gasteiger partial charge in [0.1, 0.15) is 18.9 Å². The van der Waals surface area contributed by atoms with E-state index < -0.39 is 18.1 Å². The SMILES string of the molecule is O=C(OC(c1ccccc1)c1cccc(F)c1)O[C@H]1C[N+]2(CC(=O)c3cccs3)CCC1CC2. The Labute approximate surface area is 202 Å². The van der Waals surface area contributed by atoms with E-state index in [0.717, 1.165) is 36.4 Å². The molecule has 0 aliphatic carbocycles. The largest absolute Gasteiger partial charge is 0.509 e. The van der Waals surface area contributed by atoms with Crippen LogP contribution >= 0.6 is 11.3 Å². The van der Waals surface area contributed by atoms with E-state index in [1.165, 1.54) is 23.5 Å². The summed E-state index contributed by atoms with van der Waals surface area (Å²) in [5.74, 6) is 0.0234. The highest BCUT2D eigenvalue weighted by atomic mass is 32.1. The average molecular weight is 481 g/mol. The Hall–Kier alpha value is -3.03. The Bertz CT molecular complexity index is 1140. The van der Waals surface area contributed by atoms with Crippen LogP contribution in [0.2, 0.25) is 0 Å². The van der Waals surface area contributed by atoms with Crippen LogP contribution < -0.4 is 0 Å². The van der Waals surface area contributed by atoms with Crippen LogP contribution in [0, 0.1) is 11.7 Å². The number of quaternary nitrogens is 1. The van der Waals surface area contributed by atoms with Crippen molar-refractivity contribution in [2.24, 2.45) is 5.92 Å². The van der Waals surface area contributed by atoms with Crippen LogP contribution in [-0.4, -0.2) is 48.7 Å². The first-order chi connectivity index (χ1) is 16.5. The number of ketones is 1. The first-order valence-electron chi connectivity index (χ1n) is 11.6. The van der Waals surface area contributed by atoms with Crippen molar-refractivity contribution in [1.82, 2.24) is 0 Å². The van der Waals surface area contributed by atoms with Gasteiger partial charge in [-0.25, -0.2) is 9.18 Å². The highest BCUT2D eigenvalue weighted by Crippen LogP contribution is 2.37. The van der Waals surface area contributed by atoms with E-state index in [0.29, 0.717) is 23.1 Å². The molecule has 2 atom stereocenters. The van der Waals surface area contributed by atoms with Crippen LogP contribution in [0.25, 0.3) is 0 Å². The predicted octanol–water partition coefficient (Wildman–Crippen LogP) is 5.62. The second kappa shape index (κ2) is 9.68. The third-order valence-corrected chi connectivity index (χ3v) is 7.94. The van der Waals surface area contributed by atoms with Crippen LogP contribution in [-0.2, 0) is 9.47 Å². The van der Waals surface area contributed by atoms with Gasteiger partial charge >= 0.3 is 6.16 Å². The quantitative estimate of drug-likeness (QED) is 0.250. The van der Waals surface area contributed by atoms with Crippen molar-refractivity contribution >= 4 is 23.3 Å². The third kappa shape index (κ3) is 4.91. The van der Waals surface area contributed by atoms with Gasteiger partial charge in [-0.15, -0.1) is 11.3 Å². The van der Waals surface area contributed by atoms with Crippen molar-refractivity contribution in [2.75, 3.05) is 26.2 Å². The average Bonchev–Trinajstić information content (AvgIpc) is 3.39. The molecule has 1 unspecified atom stereocenters. The summed E-state index contributed by atoms with van der Waals surface area (Å²) in [6.45, 7) is 2.89. The smallest absolute Gasteiger partial charge is 0.425 e. The fourth-order valence-corrected chi connectivity index (χ4v) is 5.93. The minimum absolute atomic E-state index is 0.145. The number of Topliss-reactive ketones (excluding diaryl/α,β-unsaturated/α-hetero) is 1. The zero-order valence-electron chi connectivity index (χ0n) is 18.8. The van der Waals surface area contributed by atoms with Crippen molar-refractivity contribution in [1.29, 1.82) is 0 Å². The molecule has 176 valence electrons. The van der Waals surface area contributed by atoms with Gasteiger partial charge in [0.15, 0.2) is 12.2 Å². The van der Waals surface area contributed by atoms with Crippen LogP contribution in [0.1, 0.15) is 39.7 Å². The molecule has 3 aliphatic rings. The Morgan fingerprint density at radius 1 is 1.00 bits per heavy atom. The lowest BCUT2D eigenvalue weighted by molar-refractivity contribution is -0.938. The maximum atomic E-state index is 13.9. The Balaban J connectivity index is 1.29. The number of fused-ring (bicyclic) bond motifs is 3. The van der Waals surface area contributed by atoms with Gasteiger partial charge in [0.25, 0.3) is 0 Å². The number of nitrogens with zero attached hydrogens (tertiary/aromatic N) is 1. The molecule has 0 N–H and O–H groups in total. The molecule has 1 aromatic heterocycles. The lowest BCUT2D eigenvalue weighted by Gasteiger charge is -2.51. The van der Waals surface area contributed by atoms with Gasteiger partial charge in [-0.2, -0.15) is 0 Å². The summed E-state index contributed by atoms with van der Waals surface area (Å²) in [4.78, 5) is 26.5. The maximum absolute atomic E-state index is 13.9. The van der Waals surface area contributed by atoms with Crippen LogP contribution in [0.5, 0.6) is 0 Å². The molecule has 0 amide bonds. The first kappa shape index (κ1) is 22.7. The molecule has 3 saturated heterocycles. The Kier molecular flexibility index (Phi) is 6.48. The monoisotopic (exact) mass is 480 g/mol. The second-order valence-corrected chi connectivity index (χ2v) is 10.2. The molecule has 0 spiro atoms. The lowest BCUT2D eigenvalue weighted by atomic mass is 9.83. The van der Waals surface area contributed by atoms with E-state index in [9.17, 15) is 14.0 Å². The van der Waals surface area contributed by atoms with Gasteiger partial charge in [-0.3, -0.25) is 4.79 Å². The highest BCUT2D eigenvalue weighted by molar-refractivity contribution is 7.12. The predicted molar refractivity (Wildman–Crippen MR) is 127 cm³/mol. The van der Waals surface area contributed by atoms with Gasteiger partial charge < -0.3 is 14.0 Å². The number of carbonyl (C=O) groups excluding carboxylic acids is 2. The number of piperidine rings is 3. The molecule has 2 bridgehead atoms. The summed E-state index contributed by atoms with van der Waals surface area (Å²) >= 11 is 1.47. The molecule has 0 saturated carbocycles. The topological polar surface area (TPSA) is 52.6 Å². The van der Waals surface area contributed by atoms with E-state index in [1.54, 1.807) is 12.1 Å². The van der Waals surface area contributed by atoms with Crippen LogP contribution in [0.3, 0.4) is 0 Å². The molecule has 3 aromatic rings. The summed E-state index contributed by atoms with van der Waals surface area (Å²) < 4.78 is 26.2. The summed E-state index contributed by atoms with van der Waals surface area (Å²) in [5, 5.41) is 1.92. The summed E-state index contributed by atoms with van der Waals surface area (Å²) in [5.41, 5.74) is 1.28. The van der Waals surface area contributed by atoms with Gasteiger partial charge in [-0.1, -0.05) is 48.5 Å².